The Bertz CT molecular complexity index is 1600. The number of carbonyl (C=O) groups excluding carboxylic acids is 2. The number of aromatic nitrogens is 3. The minimum absolute atomic E-state index is 0.0540. The highest BCUT2D eigenvalue weighted by molar-refractivity contribution is 6.31. The number of pyridine rings is 1. The van der Waals surface area contributed by atoms with Gasteiger partial charge in [-0.15, -0.1) is 10.2 Å². The van der Waals surface area contributed by atoms with Gasteiger partial charge in [-0.3, -0.25) is 14.9 Å². The summed E-state index contributed by atoms with van der Waals surface area (Å²) in [7, 11) is 0. The van der Waals surface area contributed by atoms with E-state index < -0.39 is 28.7 Å². The zero-order valence-corrected chi connectivity index (χ0v) is 26.1. The molecule has 4 aliphatic rings. The van der Waals surface area contributed by atoms with Gasteiger partial charge in [0.2, 0.25) is 24.1 Å². The van der Waals surface area contributed by atoms with E-state index in [0.717, 1.165) is 38.5 Å². The molecular weight excluding hydrogens is 606 g/mol. The molecule has 0 unspecified atom stereocenters. The Balaban J connectivity index is 1.31. The summed E-state index contributed by atoms with van der Waals surface area (Å²) in [6, 6.07) is 7.26. The van der Waals surface area contributed by atoms with E-state index in [9.17, 15) is 9.59 Å². The third kappa shape index (κ3) is 4.55. The lowest BCUT2D eigenvalue weighted by Gasteiger charge is -2.50. The number of nitrogens with one attached hydrogen (secondary N) is 3. The first-order chi connectivity index (χ1) is 21.0. The van der Waals surface area contributed by atoms with Crippen molar-refractivity contribution in [2.45, 2.75) is 100 Å². The quantitative estimate of drug-likeness (QED) is 0.297. The number of amides is 2. The molecule has 3 N–H and O–H groups in total. The molecule has 2 aliphatic carbocycles. The van der Waals surface area contributed by atoms with Gasteiger partial charge in [-0.25, -0.2) is 9.37 Å². The number of carbonyl (C=O) groups is 2. The van der Waals surface area contributed by atoms with Crippen LogP contribution in [0.25, 0.3) is 0 Å². The second-order valence-electron chi connectivity index (χ2n) is 13.6. The van der Waals surface area contributed by atoms with E-state index >= 15 is 4.39 Å². The molecule has 2 amide bonds. The molecule has 2 aliphatic heterocycles. The second kappa shape index (κ2) is 10.8. The lowest BCUT2D eigenvalue weighted by atomic mass is 9.53. The first kappa shape index (κ1) is 29.6. The smallest absolute Gasteiger partial charge is 0.238 e. The van der Waals surface area contributed by atoms with Gasteiger partial charge in [0.15, 0.2) is 0 Å². The van der Waals surface area contributed by atoms with E-state index in [0.29, 0.717) is 30.1 Å². The number of nitrogens with zero attached hydrogens (tertiary/aromatic N) is 3. The molecule has 2 saturated carbocycles. The Labute approximate surface area is 265 Å². The first-order valence-electron chi connectivity index (χ1n) is 15.3. The summed E-state index contributed by atoms with van der Waals surface area (Å²) in [6.07, 6.45) is 7.28. The van der Waals surface area contributed by atoms with E-state index in [1.807, 2.05) is 0 Å². The van der Waals surface area contributed by atoms with Crippen molar-refractivity contribution in [3.63, 3.8) is 0 Å². The molecular formula is C32H35Cl2FN6O3. The van der Waals surface area contributed by atoms with Crippen LogP contribution in [0.5, 0.6) is 0 Å². The van der Waals surface area contributed by atoms with E-state index in [1.165, 1.54) is 12.5 Å². The maximum Gasteiger partial charge on any atom is 0.238 e. The Kier molecular flexibility index (Phi) is 7.25. The molecule has 2 aromatic heterocycles. The fourth-order valence-electron chi connectivity index (χ4n) is 8.42. The van der Waals surface area contributed by atoms with Crippen LogP contribution >= 0.6 is 23.2 Å². The van der Waals surface area contributed by atoms with Crippen LogP contribution in [-0.4, -0.2) is 44.6 Å². The van der Waals surface area contributed by atoms with Gasteiger partial charge in [-0.2, -0.15) is 0 Å². The normalized spacial score (nSPS) is 30.3. The van der Waals surface area contributed by atoms with Gasteiger partial charge in [0.25, 0.3) is 0 Å². The van der Waals surface area contributed by atoms with Crippen molar-refractivity contribution in [3.05, 3.63) is 69.7 Å². The fourth-order valence-corrected chi connectivity index (χ4v) is 8.75. The SMILES string of the molecule is CC1(C)CCC2(CC1)N[C@@H](C(=O)N[C@H]1CC[C@H](c3nnco3)CC1)[C@H](c1cccc(Cl)c1F)[C@]21C(=O)Nc2nc(Cl)ccc21. The lowest BCUT2D eigenvalue weighted by Crippen LogP contribution is -2.61. The van der Waals surface area contributed by atoms with E-state index in [-0.39, 0.29) is 44.9 Å². The van der Waals surface area contributed by atoms with Crippen molar-refractivity contribution in [1.82, 2.24) is 25.8 Å². The van der Waals surface area contributed by atoms with Crippen molar-refractivity contribution in [2.75, 3.05) is 5.32 Å². The maximum absolute atomic E-state index is 16.1. The molecule has 9 nitrogen and oxygen atoms in total. The Hall–Kier alpha value is -3.08. The van der Waals surface area contributed by atoms with Crippen molar-refractivity contribution >= 4 is 40.8 Å². The van der Waals surface area contributed by atoms with E-state index in [2.05, 4.69) is 45.0 Å². The van der Waals surface area contributed by atoms with Crippen molar-refractivity contribution in [2.24, 2.45) is 5.41 Å². The van der Waals surface area contributed by atoms with Gasteiger partial charge in [0.05, 0.1) is 11.1 Å². The third-order valence-corrected chi connectivity index (χ3v) is 11.2. The Morgan fingerprint density at radius 2 is 1.82 bits per heavy atom. The summed E-state index contributed by atoms with van der Waals surface area (Å²) < 4.78 is 21.5. The van der Waals surface area contributed by atoms with Gasteiger partial charge in [-0.1, -0.05) is 55.2 Å². The number of fused-ring (bicyclic) bond motifs is 3. The molecule has 232 valence electrons. The Morgan fingerprint density at radius 1 is 1.07 bits per heavy atom. The number of halogens is 3. The van der Waals surface area contributed by atoms with Gasteiger partial charge in [-0.05, 0) is 74.5 Å². The number of anilines is 1. The summed E-state index contributed by atoms with van der Waals surface area (Å²) in [5.41, 5.74) is -1.27. The van der Waals surface area contributed by atoms with E-state index in [4.69, 9.17) is 27.6 Å². The van der Waals surface area contributed by atoms with Crippen LogP contribution in [-0.2, 0) is 15.0 Å². The fraction of sp³-hybridized carbons (Fsp3) is 0.531. The number of hydrogen-bond donors (Lipinski definition) is 3. The van der Waals surface area contributed by atoms with Crippen LogP contribution in [0.15, 0.2) is 41.1 Å². The highest BCUT2D eigenvalue weighted by Gasteiger charge is 2.73. The molecule has 7 rings (SSSR count). The zero-order chi connectivity index (χ0) is 30.9. The van der Waals surface area contributed by atoms with Crippen molar-refractivity contribution in [3.8, 4) is 0 Å². The van der Waals surface area contributed by atoms with Gasteiger partial charge >= 0.3 is 0 Å². The van der Waals surface area contributed by atoms with Crippen LogP contribution in [0.1, 0.15) is 94.1 Å². The van der Waals surface area contributed by atoms with Crippen molar-refractivity contribution in [1.29, 1.82) is 0 Å². The van der Waals surface area contributed by atoms with Crippen LogP contribution in [0, 0.1) is 11.2 Å². The van der Waals surface area contributed by atoms with Gasteiger partial charge < -0.3 is 15.1 Å². The molecule has 3 aromatic rings. The topological polar surface area (TPSA) is 122 Å². The van der Waals surface area contributed by atoms with Crippen LogP contribution in [0.2, 0.25) is 10.2 Å². The first-order valence-corrected chi connectivity index (χ1v) is 16.1. The number of hydrogen-bond acceptors (Lipinski definition) is 7. The summed E-state index contributed by atoms with van der Waals surface area (Å²) in [6.45, 7) is 4.43. The zero-order valence-electron chi connectivity index (χ0n) is 24.6. The maximum atomic E-state index is 16.1. The van der Waals surface area contributed by atoms with Crippen LogP contribution in [0.4, 0.5) is 10.2 Å². The predicted octanol–water partition coefficient (Wildman–Crippen LogP) is 6.04. The van der Waals surface area contributed by atoms with Crippen LogP contribution in [0.3, 0.4) is 0 Å². The molecule has 0 bridgehead atoms. The average molecular weight is 642 g/mol. The highest BCUT2D eigenvalue weighted by atomic mass is 35.5. The van der Waals surface area contributed by atoms with Gasteiger partial charge in [0, 0.05) is 29.0 Å². The minimum atomic E-state index is -1.33. The van der Waals surface area contributed by atoms with Crippen LogP contribution < -0.4 is 16.0 Å². The molecule has 0 radical (unpaired) electrons. The summed E-state index contributed by atoms with van der Waals surface area (Å²) in [5, 5.41) is 18.0. The largest absolute Gasteiger partial charge is 0.428 e. The van der Waals surface area contributed by atoms with Crippen molar-refractivity contribution < 1.29 is 18.4 Å². The molecule has 44 heavy (non-hydrogen) atoms. The highest BCUT2D eigenvalue weighted by Crippen LogP contribution is 2.63. The Morgan fingerprint density at radius 3 is 2.52 bits per heavy atom. The summed E-state index contributed by atoms with van der Waals surface area (Å²) in [4.78, 5) is 33.4. The number of rotatable bonds is 4. The van der Waals surface area contributed by atoms with Gasteiger partial charge in [0.1, 0.15) is 22.2 Å². The molecule has 2 spiro atoms. The molecule has 12 heteroatoms. The molecule has 3 atom stereocenters. The summed E-state index contributed by atoms with van der Waals surface area (Å²) in [5.74, 6) is -0.988. The molecule has 1 saturated heterocycles. The lowest BCUT2D eigenvalue weighted by molar-refractivity contribution is -0.125. The van der Waals surface area contributed by atoms with E-state index in [1.54, 1.807) is 24.3 Å². The average Bonchev–Trinajstić information content (AvgIpc) is 3.70. The number of benzene rings is 1. The predicted molar refractivity (Wildman–Crippen MR) is 163 cm³/mol. The summed E-state index contributed by atoms with van der Waals surface area (Å²) >= 11 is 12.6. The molecule has 3 fully saturated rings. The standard InChI is InChI=1S/C32H35Cl2FN6O3/c1-30(2)12-14-31(15-13-30)32(20-10-11-22(34)38-26(20)39-29(32)43)23(19-4-3-5-21(33)24(19)35)25(40-31)27(42)37-18-8-6-17(7-9-18)28-41-36-16-44-28/h3-5,10-11,16-18,23,25,40H,6-9,12-15H2,1-2H3,(H,37,42)(H,38,39,43)/t17-,18-,23-,25+,32+/m0/s1. The molecule has 1 aromatic carbocycles. The third-order valence-electron chi connectivity index (χ3n) is 10.7. The minimum Gasteiger partial charge on any atom is -0.428 e. The second-order valence-corrected chi connectivity index (χ2v) is 14.4. The molecule has 4 heterocycles. The monoisotopic (exact) mass is 640 g/mol.